The first-order valence-electron chi connectivity index (χ1n) is 5.77. The zero-order valence-electron chi connectivity index (χ0n) is 10.2. The Morgan fingerprint density at radius 2 is 1.31 bits per heavy atom. The summed E-state index contributed by atoms with van der Waals surface area (Å²) in [6.07, 6.45) is 8.55. The fourth-order valence-corrected chi connectivity index (χ4v) is 1.16. The lowest BCUT2D eigenvalue weighted by Gasteiger charge is -2.02. The number of halogens is 1. The topological polar surface area (TPSA) is 0 Å². The van der Waals surface area contributed by atoms with Crippen LogP contribution >= 0.6 is 0 Å². The maximum atomic E-state index is 2.31. The lowest BCUT2D eigenvalue weighted by atomic mass is 10.0. The maximum absolute atomic E-state index is 2.31. The Labute approximate surface area is 84.5 Å². The SMILES string of the molecule is CC.CCCCCCCC(C)C.F. The van der Waals surface area contributed by atoms with Gasteiger partial charge in [0.1, 0.15) is 0 Å². The average Bonchev–Trinajstić information content (AvgIpc) is 2.07. The summed E-state index contributed by atoms with van der Waals surface area (Å²) in [7, 11) is 0. The summed E-state index contributed by atoms with van der Waals surface area (Å²) in [5.41, 5.74) is 0. The lowest BCUT2D eigenvalue weighted by molar-refractivity contribution is 0.518. The van der Waals surface area contributed by atoms with Crippen molar-refractivity contribution in [1.29, 1.82) is 0 Å². The number of hydrogen-bond acceptors (Lipinski definition) is 0. The zero-order chi connectivity index (χ0) is 9.82. The highest BCUT2D eigenvalue weighted by molar-refractivity contribution is 4.46. The third-order valence-corrected chi connectivity index (χ3v) is 1.89. The van der Waals surface area contributed by atoms with Gasteiger partial charge in [0, 0.05) is 0 Å². The Kier molecular flexibility index (Phi) is 25.7. The maximum Gasteiger partial charge on any atom is -0.0471 e. The first kappa shape index (κ1) is 18.7. The second-order valence-corrected chi connectivity index (χ2v) is 3.60. The van der Waals surface area contributed by atoms with Crippen LogP contribution in [0.15, 0.2) is 0 Å². The van der Waals surface area contributed by atoms with Crippen molar-refractivity contribution in [2.75, 3.05) is 0 Å². The summed E-state index contributed by atoms with van der Waals surface area (Å²) in [5, 5.41) is 0. The standard InChI is InChI=1S/C10H22.C2H6.FH/c1-4-5-6-7-8-9-10(2)3;1-2;/h10H,4-9H2,1-3H3;1-2H3;1H. The van der Waals surface area contributed by atoms with Crippen molar-refractivity contribution in [3.63, 3.8) is 0 Å². The van der Waals surface area contributed by atoms with Crippen molar-refractivity contribution in [2.24, 2.45) is 5.92 Å². The van der Waals surface area contributed by atoms with Gasteiger partial charge in [0.2, 0.25) is 0 Å². The van der Waals surface area contributed by atoms with Crippen LogP contribution < -0.4 is 0 Å². The van der Waals surface area contributed by atoms with Crippen LogP contribution in [0.2, 0.25) is 0 Å². The van der Waals surface area contributed by atoms with Crippen LogP contribution in [0.25, 0.3) is 0 Å². The lowest BCUT2D eigenvalue weighted by Crippen LogP contribution is -1.86. The van der Waals surface area contributed by atoms with E-state index in [9.17, 15) is 0 Å². The van der Waals surface area contributed by atoms with Gasteiger partial charge in [-0.2, -0.15) is 0 Å². The number of unbranched alkanes of at least 4 members (excludes halogenated alkanes) is 4. The molecule has 0 atom stereocenters. The normalized spacial score (nSPS) is 8.77. The fraction of sp³-hybridized carbons (Fsp3) is 1.00. The van der Waals surface area contributed by atoms with Crippen LogP contribution in [0, 0.1) is 5.92 Å². The van der Waals surface area contributed by atoms with Gasteiger partial charge in [-0.25, -0.2) is 0 Å². The molecule has 0 saturated heterocycles. The van der Waals surface area contributed by atoms with Crippen molar-refractivity contribution in [3.8, 4) is 0 Å². The summed E-state index contributed by atoms with van der Waals surface area (Å²) in [6, 6.07) is 0. The summed E-state index contributed by atoms with van der Waals surface area (Å²) in [5.74, 6) is 0.904. The highest BCUT2D eigenvalue weighted by atomic mass is 19.0. The third-order valence-electron chi connectivity index (χ3n) is 1.89. The number of hydrogen-bond donors (Lipinski definition) is 0. The molecule has 0 unspecified atom stereocenters. The van der Waals surface area contributed by atoms with Gasteiger partial charge in [-0.05, 0) is 5.92 Å². The quantitative estimate of drug-likeness (QED) is 0.508. The summed E-state index contributed by atoms with van der Waals surface area (Å²) >= 11 is 0. The van der Waals surface area contributed by atoms with E-state index in [1.165, 1.54) is 38.5 Å². The Hall–Kier alpha value is -0.0700. The molecule has 0 N–H and O–H groups in total. The Balaban J connectivity index is -0.000000309. The minimum absolute atomic E-state index is 0. The predicted molar refractivity (Wildman–Crippen MR) is 62.1 cm³/mol. The molecule has 0 aromatic carbocycles. The van der Waals surface area contributed by atoms with Gasteiger partial charge in [-0.3, -0.25) is 4.70 Å². The average molecular weight is 192 g/mol. The van der Waals surface area contributed by atoms with E-state index in [-0.39, 0.29) is 4.70 Å². The molecule has 0 spiro atoms. The molecule has 84 valence electrons. The second-order valence-electron chi connectivity index (χ2n) is 3.60. The summed E-state index contributed by atoms with van der Waals surface area (Å²) < 4.78 is 0. The van der Waals surface area contributed by atoms with Gasteiger partial charge in [0.25, 0.3) is 0 Å². The molecule has 0 fully saturated rings. The van der Waals surface area contributed by atoms with E-state index in [2.05, 4.69) is 20.8 Å². The van der Waals surface area contributed by atoms with Gasteiger partial charge in [-0.15, -0.1) is 0 Å². The Morgan fingerprint density at radius 3 is 1.69 bits per heavy atom. The van der Waals surface area contributed by atoms with Gasteiger partial charge < -0.3 is 0 Å². The van der Waals surface area contributed by atoms with E-state index in [1.807, 2.05) is 13.8 Å². The highest BCUT2D eigenvalue weighted by Gasteiger charge is 1.92. The predicted octanol–water partition coefficient (Wildman–Crippen LogP) is 5.18. The molecule has 0 aliphatic heterocycles. The summed E-state index contributed by atoms with van der Waals surface area (Å²) in [6.45, 7) is 10.9. The van der Waals surface area contributed by atoms with Gasteiger partial charge >= 0.3 is 0 Å². The van der Waals surface area contributed by atoms with Gasteiger partial charge in [-0.1, -0.05) is 73.1 Å². The minimum atomic E-state index is 0. The van der Waals surface area contributed by atoms with Crippen molar-refractivity contribution < 1.29 is 4.70 Å². The van der Waals surface area contributed by atoms with E-state index < -0.39 is 0 Å². The molecule has 0 saturated carbocycles. The fourth-order valence-electron chi connectivity index (χ4n) is 1.16. The smallest absolute Gasteiger partial charge is 0.0471 e. The van der Waals surface area contributed by atoms with Crippen LogP contribution in [-0.2, 0) is 0 Å². The zero-order valence-corrected chi connectivity index (χ0v) is 10.2. The van der Waals surface area contributed by atoms with Crippen LogP contribution in [-0.4, -0.2) is 0 Å². The Bertz CT molecular complexity index is 60.1. The number of rotatable bonds is 6. The van der Waals surface area contributed by atoms with Crippen molar-refractivity contribution in [3.05, 3.63) is 0 Å². The van der Waals surface area contributed by atoms with Crippen LogP contribution in [0.1, 0.15) is 73.1 Å². The second kappa shape index (κ2) is 17.9. The monoisotopic (exact) mass is 192 g/mol. The first-order valence-corrected chi connectivity index (χ1v) is 5.77. The molecule has 0 aromatic rings. The molecule has 1 heteroatoms. The first-order chi connectivity index (χ1) is 5.77. The molecule has 0 aliphatic carbocycles. The molecule has 0 nitrogen and oxygen atoms in total. The third kappa shape index (κ3) is 24.5. The van der Waals surface area contributed by atoms with E-state index in [4.69, 9.17) is 0 Å². The highest BCUT2D eigenvalue weighted by Crippen LogP contribution is 2.09. The van der Waals surface area contributed by atoms with Gasteiger partial charge in [0.05, 0.1) is 0 Å². The molecular formula is C12H29F. The van der Waals surface area contributed by atoms with Crippen molar-refractivity contribution in [1.82, 2.24) is 0 Å². The molecule has 0 aromatic heterocycles. The Morgan fingerprint density at radius 1 is 0.846 bits per heavy atom. The van der Waals surface area contributed by atoms with E-state index in [0.29, 0.717) is 0 Å². The molecule has 13 heavy (non-hydrogen) atoms. The van der Waals surface area contributed by atoms with Crippen LogP contribution in [0.5, 0.6) is 0 Å². The molecule has 0 radical (unpaired) electrons. The van der Waals surface area contributed by atoms with Crippen molar-refractivity contribution >= 4 is 0 Å². The van der Waals surface area contributed by atoms with E-state index in [1.54, 1.807) is 0 Å². The summed E-state index contributed by atoms with van der Waals surface area (Å²) in [4.78, 5) is 0. The molecule has 0 bridgehead atoms. The molecular weight excluding hydrogens is 163 g/mol. The molecule has 0 amide bonds. The van der Waals surface area contributed by atoms with Crippen LogP contribution in [0.4, 0.5) is 4.70 Å². The van der Waals surface area contributed by atoms with E-state index in [0.717, 1.165) is 5.92 Å². The molecule has 0 heterocycles. The van der Waals surface area contributed by atoms with E-state index >= 15 is 0 Å². The van der Waals surface area contributed by atoms with Gasteiger partial charge in [0.15, 0.2) is 0 Å². The molecule has 0 rings (SSSR count). The van der Waals surface area contributed by atoms with Crippen LogP contribution in [0.3, 0.4) is 0 Å². The minimum Gasteiger partial charge on any atom is -0.269 e. The molecule has 0 aliphatic rings. The van der Waals surface area contributed by atoms with Crippen molar-refractivity contribution in [2.45, 2.75) is 73.1 Å². The largest absolute Gasteiger partial charge is 0.269 e.